The van der Waals surface area contributed by atoms with Crippen LogP contribution in [0.3, 0.4) is 0 Å². The molecule has 0 aliphatic rings. The van der Waals surface area contributed by atoms with E-state index in [2.05, 4.69) is 20.4 Å². The summed E-state index contributed by atoms with van der Waals surface area (Å²) in [5.41, 5.74) is 0.791. The van der Waals surface area contributed by atoms with Gasteiger partial charge in [-0.25, -0.2) is 9.78 Å². The molecule has 2 N–H and O–H groups in total. The van der Waals surface area contributed by atoms with Gasteiger partial charge >= 0.3 is 6.09 Å². The molecule has 134 valence electrons. The van der Waals surface area contributed by atoms with Crippen LogP contribution in [0.25, 0.3) is 10.2 Å². The van der Waals surface area contributed by atoms with Gasteiger partial charge in [0.25, 0.3) is 11.8 Å². The number of carbonyl (C=O) groups is 3. The molecular weight excluding hydrogens is 398 g/mol. The van der Waals surface area contributed by atoms with Crippen LogP contribution in [-0.2, 0) is 4.74 Å². The van der Waals surface area contributed by atoms with E-state index in [9.17, 15) is 14.4 Å². The maximum atomic E-state index is 12.5. The largest absolute Gasteiger partial charge is 0.450 e. The van der Waals surface area contributed by atoms with Crippen molar-refractivity contribution < 1.29 is 19.1 Å². The quantitative estimate of drug-likeness (QED) is 0.674. The highest BCUT2D eigenvalue weighted by atomic mass is 35.5. The lowest BCUT2D eigenvalue weighted by Gasteiger charge is -2.06. The predicted molar refractivity (Wildman–Crippen MR) is 101 cm³/mol. The molecule has 3 aromatic rings. The molecule has 0 fully saturated rings. The number of thiazole rings is 1. The molecule has 0 unspecified atom stereocenters. The van der Waals surface area contributed by atoms with Crippen molar-refractivity contribution in [1.82, 2.24) is 10.3 Å². The molecule has 10 heteroatoms. The van der Waals surface area contributed by atoms with Crippen molar-refractivity contribution in [1.29, 1.82) is 0 Å². The molecule has 0 saturated carbocycles. The zero-order chi connectivity index (χ0) is 18.7. The van der Waals surface area contributed by atoms with Gasteiger partial charge in [0.1, 0.15) is 5.00 Å². The number of ether oxygens (including phenoxy) is 1. The molecule has 2 heterocycles. The summed E-state index contributed by atoms with van der Waals surface area (Å²) in [6, 6.07) is 6.69. The molecule has 26 heavy (non-hydrogen) atoms. The van der Waals surface area contributed by atoms with E-state index in [1.165, 1.54) is 17.4 Å². The molecule has 0 aliphatic carbocycles. The first-order valence-electron chi connectivity index (χ1n) is 7.41. The zero-order valence-electron chi connectivity index (χ0n) is 13.4. The number of hydrogen-bond donors (Lipinski definition) is 2. The number of fused-ring (bicyclic) bond motifs is 1. The monoisotopic (exact) mass is 409 g/mol. The normalized spacial score (nSPS) is 10.5. The Kier molecular flexibility index (Phi) is 5.50. The summed E-state index contributed by atoms with van der Waals surface area (Å²) in [5.74, 6) is -1.11. The topological polar surface area (TPSA) is 97.4 Å². The van der Waals surface area contributed by atoms with Crippen LogP contribution in [0.4, 0.5) is 9.80 Å². The van der Waals surface area contributed by atoms with Gasteiger partial charge in [-0.05, 0) is 36.6 Å². The standard InChI is InChI=1S/C16H12ClN3O4S2/c1-2-24-16(23)20-12(21)9-5-6-25-14(9)19-13(22)15-18-10-7-8(17)3-4-11(10)26-15/h3-7H,2H2,1H3,(H,19,22)(H,20,21,23). The van der Waals surface area contributed by atoms with Crippen molar-refractivity contribution in [2.24, 2.45) is 0 Å². The van der Waals surface area contributed by atoms with Gasteiger partial charge in [-0.3, -0.25) is 14.9 Å². The molecular formula is C16H12ClN3O4S2. The Morgan fingerprint density at radius 2 is 2.04 bits per heavy atom. The van der Waals surface area contributed by atoms with Crippen LogP contribution in [0.15, 0.2) is 29.6 Å². The number of alkyl carbamates (subject to hydrolysis) is 1. The van der Waals surface area contributed by atoms with E-state index >= 15 is 0 Å². The first-order chi connectivity index (χ1) is 12.5. The number of thiophene rings is 1. The van der Waals surface area contributed by atoms with E-state index in [0.29, 0.717) is 15.5 Å². The van der Waals surface area contributed by atoms with Crippen LogP contribution < -0.4 is 10.6 Å². The summed E-state index contributed by atoms with van der Waals surface area (Å²) in [5, 5.41) is 7.47. The average molecular weight is 410 g/mol. The second-order valence-corrected chi connectivity index (χ2v) is 7.31. The lowest BCUT2D eigenvalue weighted by Crippen LogP contribution is -2.31. The molecule has 0 radical (unpaired) electrons. The highest BCUT2D eigenvalue weighted by Crippen LogP contribution is 2.27. The Hall–Kier alpha value is -2.49. The summed E-state index contributed by atoms with van der Waals surface area (Å²) in [6.07, 6.45) is -0.843. The van der Waals surface area contributed by atoms with E-state index in [4.69, 9.17) is 11.6 Å². The Morgan fingerprint density at radius 1 is 1.23 bits per heavy atom. The first-order valence-corrected chi connectivity index (χ1v) is 9.48. The fraction of sp³-hybridized carbons (Fsp3) is 0.125. The third kappa shape index (κ3) is 4.01. The SMILES string of the molecule is CCOC(=O)NC(=O)c1ccsc1NC(=O)c1nc2cc(Cl)ccc2s1. The Morgan fingerprint density at radius 3 is 2.81 bits per heavy atom. The van der Waals surface area contributed by atoms with Crippen molar-refractivity contribution in [3.05, 3.63) is 45.2 Å². The van der Waals surface area contributed by atoms with Crippen molar-refractivity contribution in [2.45, 2.75) is 6.92 Å². The summed E-state index contributed by atoms with van der Waals surface area (Å²) >= 11 is 8.30. The van der Waals surface area contributed by atoms with Gasteiger partial charge in [0.2, 0.25) is 0 Å². The van der Waals surface area contributed by atoms with Crippen LogP contribution in [0.5, 0.6) is 0 Å². The van der Waals surface area contributed by atoms with Gasteiger partial charge in [-0.1, -0.05) is 11.6 Å². The van der Waals surface area contributed by atoms with Crippen molar-refractivity contribution in [3.8, 4) is 0 Å². The summed E-state index contributed by atoms with van der Waals surface area (Å²) in [6.45, 7) is 1.78. The Balaban J connectivity index is 1.76. The maximum Gasteiger partial charge on any atom is 0.414 e. The summed E-state index contributed by atoms with van der Waals surface area (Å²) in [7, 11) is 0. The number of imide groups is 1. The molecule has 0 spiro atoms. The first kappa shape index (κ1) is 18.3. The van der Waals surface area contributed by atoms with Crippen LogP contribution >= 0.6 is 34.3 Å². The number of amides is 3. The molecule has 0 atom stereocenters. The number of aromatic nitrogens is 1. The molecule has 0 bridgehead atoms. The van der Waals surface area contributed by atoms with E-state index < -0.39 is 17.9 Å². The van der Waals surface area contributed by atoms with E-state index in [1.54, 1.807) is 30.5 Å². The second kappa shape index (κ2) is 7.81. The van der Waals surface area contributed by atoms with Crippen molar-refractivity contribution >= 4 is 67.4 Å². The van der Waals surface area contributed by atoms with Gasteiger partial charge < -0.3 is 10.1 Å². The van der Waals surface area contributed by atoms with Gasteiger partial charge in [0.05, 0.1) is 22.4 Å². The van der Waals surface area contributed by atoms with E-state index in [-0.39, 0.29) is 17.2 Å². The highest BCUT2D eigenvalue weighted by Gasteiger charge is 2.20. The molecule has 3 amide bonds. The van der Waals surface area contributed by atoms with Gasteiger partial charge in [-0.15, -0.1) is 22.7 Å². The van der Waals surface area contributed by atoms with Crippen LogP contribution in [-0.4, -0.2) is 29.5 Å². The van der Waals surface area contributed by atoms with Crippen LogP contribution in [0.2, 0.25) is 5.02 Å². The van der Waals surface area contributed by atoms with Gasteiger partial charge in [-0.2, -0.15) is 0 Å². The van der Waals surface area contributed by atoms with Crippen molar-refractivity contribution in [3.63, 3.8) is 0 Å². The minimum absolute atomic E-state index is 0.147. The molecule has 1 aromatic carbocycles. The van der Waals surface area contributed by atoms with E-state index in [1.807, 2.05) is 0 Å². The summed E-state index contributed by atoms with van der Waals surface area (Å²) in [4.78, 5) is 40.2. The molecule has 0 saturated heterocycles. The zero-order valence-corrected chi connectivity index (χ0v) is 15.8. The minimum Gasteiger partial charge on any atom is -0.450 e. The number of halogens is 1. The van der Waals surface area contributed by atoms with Crippen molar-refractivity contribution in [2.75, 3.05) is 11.9 Å². The predicted octanol–water partition coefficient (Wildman–Crippen LogP) is 4.15. The number of anilines is 1. The molecule has 0 aliphatic heterocycles. The fourth-order valence-electron chi connectivity index (χ4n) is 2.07. The van der Waals surface area contributed by atoms with Crippen LogP contribution in [0, 0.1) is 0 Å². The lowest BCUT2D eigenvalue weighted by molar-refractivity contribution is 0.0926. The number of hydrogen-bond acceptors (Lipinski definition) is 7. The number of nitrogens with zero attached hydrogens (tertiary/aromatic N) is 1. The summed E-state index contributed by atoms with van der Waals surface area (Å²) < 4.78 is 5.50. The second-order valence-electron chi connectivity index (χ2n) is 4.92. The number of benzene rings is 1. The third-order valence-corrected chi connectivity index (χ3v) is 5.27. The molecule has 2 aromatic heterocycles. The van der Waals surface area contributed by atoms with E-state index in [0.717, 1.165) is 16.0 Å². The highest BCUT2D eigenvalue weighted by molar-refractivity contribution is 7.20. The number of rotatable bonds is 4. The average Bonchev–Trinajstić information content (AvgIpc) is 3.21. The minimum atomic E-state index is -0.843. The fourth-order valence-corrected chi connectivity index (χ4v) is 3.85. The Bertz CT molecular complexity index is 998. The number of nitrogens with one attached hydrogen (secondary N) is 2. The maximum absolute atomic E-state index is 12.5. The Labute approximate surface area is 160 Å². The van der Waals surface area contributed by atoms with Gasteiger partial charge in [0, 0.05) is 5.02 Å². The molecule has 7 nitrogen and oxygen atoms in total. The number of carbonyl (C=O) groups excluding carboxylic acids is 3. The third-order valence-electron chi connectivity index (χ3n) is 3.17. The molecule has 3 rings (SSSR count). The smallest absolute Gasteiger partial charge is 0.414 e. The van der Waals surface area contributed by atoms with Crippen LogP contribution in [0.1, 0.15) is 27.1 Å². The lowest BCUT2D eigenvalue weighted by atomic mass is 10.3. The van der Waals surface area contributed by atoms with Gasteiger partial charge in [0.15, 0.2) is 5.01 Å².